The van der Waals surface area contributed by atoms with Gasteiger partial charge in [-0.2, -0.15) is 0 Å². The average molecular weight is 286 g/mol. The van der Waals surface area contributed by atoms with E-state index in [1.807, 2.05) is 36.5 Å². The third-order valence-corrected chi connectivity index (χ3v) is 3.29. The topological polar surface area (TPSA) is 71.3 Å². The first-order valence-electron chi connectivity index (χ1n) is 6.78. The molecular formula is C16H18N2O3. The van der Waals surface area contributed by atoms with Crippen molar-refractivity contribution in [2.24, 2.45) is 0 Å². The predicted octanol–water partition coefficient (Wildman–Crippen LogP) is 2.18. The summed E-state index contributed by atoms with van der Waals surface area (Å²) in [5.74, 6) is -1.34. The van der Waals surface area contributed by atoms with Crippen LogP contribution >= 0.6 is 0 Å². The number of aromatic nitrogens is 1. The van der Waals surface area contributed by atoms with E-state index in [9.17, 15) is 9.59 Å². The Kier molecular flexibility index (Phi) is 4.77. The van der Waals surface area contributed by atoms with Crippen LogP contribution in [0.25, 0.3) is 10.9 Å². The number of rotatable bonds is 7. The summed E-state index contributed by atoms with van der Waals surface area (Å²) < 4.78 is 1.80. The number of carboxylic acids is 1. The molecule has 0 aliphatic carbocycles. The molecule has 0 saturated heterocycles. The van der Waals surface area contributed by atoms with Gasteiger partial charge >= 0.3 is 5.97 Å². The van der Waals surface area contributed by atoms with Gasteiger partial charge in [-0.25, -0.2) is 4.79 Å². The van der Waals surface area contributed by atoms with Crippen molar-refractivity contribution in [3.63, 3.8) is 0 Å². The van der Waals surface area contributed by atoms with Crippen molar-refractivity contribution in [3.05, 3.63) is 49.2 Å². The molecule has 2 rings (SSSR count). The van der Waals surface area contributed by atoms with Gasteiger partial charge in [-0.15, -0.1) is 6.58 Å². The summed E-state index contributed by atoms with van der Waals surface area (Å²) >= 11 is 0. The number of carboxylic acid groups (broad SMARTS) is 1. The van der Waals surface area contributed by atoms with E-state index in [1.54, 1.807) is 10.6 Å². The third kappa shape index (κ3) is 3.72. The number of nitrogens with one attached hydrogen (secondary N) is 1. The second kappa shape index (κ2) is 6.74. The molecule has 5 heteroatoms. The molecule has 110 valence electrons. The molecule has 0 aliphatic heterocycles. The number of hydrogen-bond donors (Lipinski definition) is 2. The summed E-state index contributed by atoms with van der Waals surface area (Å²) in [5, 5.41) is 12.7. The molecule has 1 heterocycles. The summed E-state index contributed by atoms with van der Waals surface area (Å²) in [6.45, 7) is 3.66. The van der Waals surface area contributed by atoms with Crippen LogP contribution in [-0.2, 0) is 16.1 Å². The number of hydrogen-bond acceptors (Lipinski definition) is 2. The molecule has 0 saturated carbocycles. The zero-order valence-corrected chi connectivity index (χ0v) is 11.7. The summed E-state index contributed by atoms with van der Waals surface area (Å²) in [6, 6.07) is 8.78. The molecule has 0 radical (unpaired) electrons. The van der Waals surface area contributed by atoms with E-state index >= 15 is 0 Å². The van der Waals surface area contributed by atoms with E-state index in [2.05, 4.69) is 11.9 Å². The van der Waals surface area contributed by atoms with Gasteiger partial charge in [0.1, 0.15) is 12.6 Å². The lowest BCUT2D eigenvalue weighted by atomic mass is 10.1. The lowest BCUT2D eigenvalue weighted by molar-refractivity contribution is -0.142. The van der Waals surface area contributed by atoms with Gasteiger partial charge in [0.25, 0.3) is 0 Å². The molecule has 1 unspecified atom stereocenters. The largest absolute Gasteiger partial charge is 0.480 e. The zero-order chi connectivity index (χ0) is 15.2. The molecule has 0 fully saturated rings. The van der Waals surface area contributed by atoms with Crippen molar-refractivity contribution in [2.75, 3.05) is 0 Å². The van der Waals surface area contributed by atoms with Crippen molar-refractivity contribution in [1.82, 2.24) is 9.88 Å². The first-order valence-corrected chi connectivity index (χ1v) is 6.78. The highest BCUT2D eigenvalue weighted by Crippen LogP contribution is 2.14. The number of benzene rings is 1. The monoisotopic (exact) mass is 286 g/mol. The Morgan fingerprint density at radius 3 is 2.81 bits per heavy atom. The van der Waals surface area contributed by atoms with Crippen LogP contribution in [0.3, 0.4) is 0 Å². The van der Waals surface area contributed by atoms with Crippen LogP contribution in [0.1, 0.15) is 12.8 Å². The molecule has 2 aromatic rings. The summed E-state index contributed by atoms with van der Waals surface area (Å²) in [6.07, 6.45) is 4.35. The van der Waals surface area contributed by atoms with E-state index in [0.717, 1.165) is 10.9 Å². The number of nitrogens with zero attached hydrogens (tertiary/aromatic N) is 1. The minimum Gasteiger partial charge on any atom is -0.480 e. The van der Waals surface area contributed by atoms with Crippen LogP contribution in [0.4, 0.5) is 0 Å². The number of fused-ring (bicyclic) bond motifs is 1. The van der Waals surface area contributed by atoms with Gasteiger partial charge < -0.3 is 15.0 Å². The van der Waals surface area contributed by atoms with Crippen molar-refractivity contribution in [3.8, 4) is 0 Å². The van der Waals surface area contributed by atoms with Gasteiger partial charge in [-0.1, -0.05) is 24.3 Å². The number of carbonyl (C=O) groups excluding carboxylic acids is 1. The molecule has 2 N–H and O–H groups in total. The first kappa shape index (κ1) is 14.8. The molecule has 0 aliphatic rings. The van der Waals surface area contributed by atoms with E-state index in [-0.39, 0.29) is 12.5 Å². The van der Waals surface area contributed by atoms with Gasteiger partial charge in [-0.05, 0) is 30.4 Å². The van der Waals surface area contributed by atoms with E-state index in [4.69, 9.17) is 5.11 Å². The maximum absolute atomic E-state index is 12.0. The summed E-state index contributed by atoms with van der Waals surface area (Å²) in [5.41, 5.74) is 0.950. The lowest BCUT2D eigenvalue weighted by Gasteiger charge is -2.14. The van der Waals surface area contributed by atoms with Crippen molar-refractivity contribution in [1.29, 1.82) is 0 Å². The smallest absolute Gasteiger partial charge is 0.326 e. The molecule has 0 bridgehead atoms. The Hall–Kier alpha value is -2.56. The molecule has 0 spiro atoms. The molecule has 1 atom stereocenters. The quantitative estimate of drug-likeness (QED) is 0.766. The number of aliphatic carboxylic acids is 1. The van der Waals surface area contributed by atoms with Gasteiger partial charge in [0.05, 0.1) is 0 Å². The Bertz CT molecular complexity index is 660. The molecule has 1 aromatic carbocycles. The Morgan fingerprint density at radius 1 is 1.33 bits per heavy atom. The van der Waals surface area contributed by atoms with Crippen molar-refractivity contribution in [2.45, 2.75) is 25.4 Å². The van der Waals surface area contributed by atoms with Crippen LogP contribution < -0.4 is 5.32 Å². The standard InChI is InChI=1S/C16H18N2O3/c1-2-3-7-13(16(20)21)17-15(19)11-18-10-9-12-6-4-5-8-14(12)18/h2,4-6,8-10,13H,1,3,7,11H2,(H,17,19)(H,20,21). The van der Waals surface area contributed by atoms with Crippen LogP contribution in [0.2, 0.25) is 0 Å². The minimum absolute atomic E-state index is 0.103. The van der Waals surface area contributed by atoms with E-state index in [0.29, 0.717) is 12.8 Å². The first-order chi connectivity index (χ1) is 10.1. The predicted molar refractivity (Wildman–Crippen MR) is 80.9 cm³/mol. The molecular weight excluding hydrogens is 268 g/mol. The molecule has 1 amide bonds. The fourth-order valence-corrected chi connectivity index (χ4v) is 2.22. The van der Waals surface area contributed by atoms with Crippen molar-refractivity contribution >= 4 is 22.8 Å². The number of allylic oxidation sites excluding steroid dienone is 1. The van der Waals surface area contributed by atoms with Crippen LogP contribution in [0, 0.1) is 0 Å². The number of amides is 1. The second-order valence-corrected chi connectivity index (χ2v) is 4.83. The fraction of sp³-hybridized carbons (Fsp3) is 0.250. The molecule has 21 heavy (non-hydrogen) atoms. The molecule has 1 aromatic heterocycles. The van der Waals surface area contributed by atoms with E-state index < -0.39 is 12.0 Å². The summed E-state index contributed by atoms with van der Waals surface area (Å²) in [4.78, 5) is 23.1. The fourth-order valence-electron chi connectivity index (χ4n) is 2.22. The van der Waals surface area contributed by atoms with Gasteiger partial charge in [-0.3, -0.25) is 4.79 Å². The van der Waals surface area contributed by atoms with Gasteiger partial charge in [0.15, 0.2) is 0 Å². The van der Waals surface area contributed by atoms with Gasteiger partial charge in [0, 0.05) is 11.7 Å². The number of para-hydroxylation sites is 1. The normalized spacial score (nSPS) is 12.0. The van der Waals surface area contributed by atoms with E-state index in [1.165, 1.54) is 0 Å². The van der Waals surface area contributed by atoms with Crippen LogP contribution in [0.15, 0.2) is 49.2 Å². The molecule has 5 nitrogen and oxygen atoms in total. The number of carbonyl (C=O) groups is 2. The van der Waals surface area contributed by atoms with Crippen LogP contribution in [0.5, 0.6) is 0 Å². The maximum Gasteiger partial charge on any atom is 0.326 e. The maximum atomic E-state index is 12.0. The Labute approximate surface area is 122 Å². The second-order valence-electron chi connectivity index (χ2n) is 4.83. The summed E-state index contributed by atoms with van der Waals surface area (Å²) in [7, 11) is 0. The third-order valence-electron chi connectivity index (χ3n) is 3.29. The average Bonchev–Trinajstić information content (AvgIpc) is 2.86. The van der Waals surface area contributed by atoms with Gasteiger partial charge in [0.2, 0.25) is 5.91 Å². The Morgan fingerprint density at radius 2 is 2.10 bits per heavy atom. The van der Waals surface area contributed by atoms with Crippen LogP contribution in [-0.4, -0.2) is 27.6 Å². The SMILES string of the molecule is C=CCCC(NC(=O)Cn1ccc2ccccc21)C(=O)O. The highest BCUT2D eigenvalue weighted by molar-refractivity contribution is 5.86. The minimum atomic E-state index is -1.03. The Balaban J connectivity index is 2.03. The highest BCUT2D eigenvalue weighted by atomic mass is 16.4. The highest BCUT2D eigenvalue weighted by Gasteiger charge is 2.19. The lowest BCUT2D eigenvalue weighted by Crippen LogP contribution is -2.42. The zero-order valence-electron chi connectivity index (χ0n) is 11.7. The van der Waals surface area contributed by atoms with Crippen molar-refractivity contribution < 1.29 is 14.7 Å².